The van der Waals surface area contributed by atoms with Crippen LogP contribution in [0.25, 0.3) is 0 Å². The normalized spacial score (nSPS) is 21.7. The zero-order chi connectivity index (χ0) is 15.0. The largest absolute Gasteiger partial charge is 0.416 e. The maximum absolute atomic E-state index is 12.7. The molecule has 0 aliphatic heterocycles. The second-order valence-electron chi connectivity index (χ2n) is 6.57. The Hall–Kier alpha value is -1.03. The van der Waals surface area contributed by atoms with Crippen molar-refractivity contribution in [2.75, 3.05) is 0 Å². The molecule has 4 heteroatoms. The summed E-state index contributed by atoms with van der Waals surface area (Å²) in [5.41, 5.74) is -0.0287. The number of halogens is 3. The van der Waals surface area contributed by atoms with Crippen molar-refractivity contribution < 1.29 is 18.3 Å². The van der Waals surface area contributed by atoms with Crippen molar-refractivity contribution in [3.05, 3.63) is 35.4 Å². The van der Waals surface area contributed by atoms with E-state index in [0.29, 0.717) is 5.56 Å². The third kappa shape index (κ3) is 3.54. The van der Waals surface area contributed by atoms with Crippen LogP contribution in [0, 0.1) is 11.3 Å². The van der Waals surface area contributed by atoms with Crippen molar-refractivity contribution in [1.29, 1.82) is 0 Å². The maximum atomic E-state index is 12.7. The van der Waals surface area contributed by atoms with E-state index in [4.69, 9.17) is 0 Å². The molecule has 0 heterocycles. The number of benzene rings is 1. The Bertz CT molecular complexity index is 455. The van der Waals surface area contributed by atoms with Gasteiger partial charge in [-0.3, -0.25) is 0 Å². The Morgan fingerprint density at radius 1 is 1.20 bits per heavy atom. The fraction of sp³-hybridized carbons (Fsp3) is 0.625. The Morgan fingerprint density at radius 2 is 1.80 bits per heavy atom. The Balaban J connectivity index is 2.12. The van der Waals surface area contributed by atoms with Crippen LogP contribution in [-0.2, 0) is 6.18 Å². The highest BCUT2D eigenvalue weighted by molar-refractivity contribution is 5.27. The van der Waals surface area contributed by atoms with Crippen LogP contribution in [0.5, 0.6) is 0 Å². The van der Waals surface area contributed by atoms with E-state index in [1.54, 1.807) is 6.07 Å². The summed E-state index contributed by atoms with van der Waals surface area (Å²) in [6, 6.07) is 5.07. The van der Waals surface area contributed by atoms with E-state index < -0.39 is 17.8 Å². The van der Waals surface area contributed by atoms with Crippen LogP contribution in [0.3, 0.4) is 0 Å². The minimum Gasteiger partial charge on any atom is -0.388 e. The molecule has 1 aromatic carbocycles. The third-order valence-electron chi connectivity index (χ3n) is 4.39. The molecule has 1 aliphatic rings. The molecule has 1 unspecified atom stereocenters. The van der Waals surface area contributed by atoms with E-state index in [-0.39, 0.29) is 11.3 Å². The average Bonchev–Trinajstić information content (AvgIpc) is 2.37. The van der Waals surface area contributed by atoms with Gasteiger partial charge in [-0.05, 0) is 54.7 Å². The van der Waals surface area contributed by atoms with Gasteiger partial charge < -0.3 is 5.11 Å². The molecule has 1 aliphatic carbocycles. The van der Waals surface area contributed by atoms with Crippen molar-refractivity contribution in [2.45, 2.75) is 51.8 Å². The molecule has 0 saturated heterocycles. The highest BCUT2D eigenvalue weighted by Crippen LogP contribution is 2.43. The van der Waals surface area contributed by atoms with Crippen LogP contribution in [-0.4, -0.2) is 5.11 Å². The lowest BCUT2D eigenvalue weighted by atomic mass is 9.71. The van der Waals surface area contributed by atoms with Crippen molar-refractivity contribution in [3.8, 4) is 0 Å². The number of rotatable bonds is 2. The average molecular weight is 286 g/mol. The lowest BCUT2D eigenvalue weighted by molar-refractivity contribution is -0.137. The molecule has 1 aromatic rings. The summed E-state index contributed by atoms with van der Waals surface area (Å²) < 4.78 is 38.1. The van der Waals surface area contributed by atoms with Crippen LogP contribution in [0.4, 0.5) is 13.2 Å². The van der Waals surface area contributed by atoms with Gasteiger partial charge in [-0.15, -0.1) is 0 Å². The van der Waals surface area contributed by atoms with Crippen LogP contribution < -0.4 is 0 Å². The molecule has 1 nitrogen and oxygen atoms in total. The summed E-state index contributed by atoms with van der Waals surface area (Å²) in [6.45, 7) is 4.39. The first-order chi connectivity index (χ1) is 9.19. The number of alkyl halides is 3. The van der Waals surface area contributed by atoms with Crippen LogP contribution in [0.1, 0.15) is 56.8 Å². The first-order valence-electron chi connectivity index (χ1n) is 7.04. The van der Waals surface area contributed by atoms with Gasteiger partial charge >= 0.3 is 6.18 Å². The lowest BCUT2D eigenvalue weighted by Gasteiger charge is -2.36. The first-order valence-corrected chi connectivity index (χ1v) is 7.04. The van der Waals surface area contributed by atoms with E-state index in [1.165, 1.54) is 6.07 Å². The maximum Gasteiger partial charge on any atom is 0.416 e. The quantitative estimate of drug-likeness (QED) is 0.815. The summed E-state index contributed by atoms with van der Waals surface area (Å²) in [4.78, 5) is 0. The minimum absolute atomic E-state index is 0.0616. The number of hydrogen-bond donors (Lipinski definition) is 1. The Labute approximate surface area is 117 Å². The highest BCUT2D eigenvalue weighted by Gasteiger charge is 2.34. The second-order valence-corrected chi connectivity index (χ2v) is 6.57. The van der Waals surface area contributed by atoms with E-state index >= 15 is 0 Å². The molecule has 0 radical (unpaired) electrons. The van der Waals surface area contributed by atoms with Gasteiger partial charge in [0.1, 0.15) is 0 Å². The molecule has 1 N–H and O–H groups in total. The molecule has 0 spiro atoms. The molecular weight excluding hydrogens is 265 g/mol. The minimum atomic E-state index is -4.36. The molecule has 1 atom stereocenters. The van der Waals surface area contributed by atoms with Crippen LogP contribution in [0.15, 0.2) is 24.3 Å². The van der Waals surface area contributed by atoms with Crippen molar-refractivity contribution in [1.82, 2.24) is 0 Å². The SMILES string of the molecule is CC1(C)CCC(C(O)c2cccc(C(F)(F)F)c2)CC1. The van der Waals surface area contributed by atoms with Gasteiger partial charge in [0, 0.05) is 0 Å². The fourth-order valence-electron chi connectivity index (χ4n) is 2.91. The summed E-state index contributed by atoms with van der Waals surface area (Å²) in [7, 11) is 0. The van der Waals surface area contributed by atoms with Crippen molar-refractivity contribution in [3.63, 3.8) is 0 Å². The van der Waals surface area contributed by atoms with Gasteiger partial charge in [-0.2, -0.15) is 13.2 Å². The smallest absolute Gasteiger partial charge is 0.388 e. The van der Waals surface area contributed by atoms with E-state index in [9.17, 15) is 18.3 Å². The molecule has 0 aromatic heterocycles. The molecule has 112 valence electrons. The molecule has 20 heavy (non-hydrogen) atoms. The van der Waals surface area contributed by atoms with E-state index in [0.717, 1.165) is 37.8 Å². The predicted octanol–water partition coefficient (Wildman–Crippen LogP) is 4.96. The van der Waals surface area contributed by atoms with Gasteiger partial charge in [0.15, 0.2) is 0 Å². The van der Waals surface area contributed by atoms with Gasteiger partial charge in [-0.25, -0.2) is 0 Å². The van der Waals surface area contributed by atoms with Crippen LogP contribution in [0.2, 0.25) is 0 Å². The van der Waals surface area contributed by atoms with Crippen molar-refractivity contribution >= 4 is 0 Å². The van der Waals surface area contributed by atoms with E-state index in [2.05, 4.69) is 13.8 Å². The molecule has 0 amide bonds. The molecular formula is C16H21F3O. The zero-order valence-corrected chi connectivity index (χ0v) is 11.9. The van der Waals surface area contributed by atoms with Gasteiger partial charge in [0.05, 0.1) is 11.7 Å². The molecule has 1 saturated carbocycles. The Kier molecular flexibility index (Phi) is 4.14. The van der Waals surface area contributed by atoms with Gasteiger partial charge in [0.25, 0.3) is 0 Å². The summed E-state index contributed by atoms with van der Waals surface area (Å²) in [5, 5.41) is 10.3. The first kappa shape index (κ1) is 15.4. The molecule has 2 rings (SSSR count). The number of aliphatic hydroxyl groups is 1. The monoisotopic (exact) mass is 286 g/mol. The highest BCUT2D eigenvalue weighted by atomic mass is 19.4. The number of hydrogen-bond acceptors (Lipinski definition) is 1. The summed E-state index contributed by atoms with van der Waals surface area (Å²) in [6.07, 6.45) is -1.41. The Morgan fingerprint density at radius 3 is 2.35 bits per heavy atom. The lowest BCUT2D eigenvalue weighted by Crippen LogP contribution is -2.25. The second kappa shape index (κ2) is 5.40. The number of aliphatic hydroxyl groups excluding tert-OH is 1. The molecule has 1 fully saturated rings. The molecule has 0 bridgehead atoms. The van der Waals surface area contributed by atoms with Gasteiger partial charge in [0.2, 0.25) is 0 Å². The summed E-state index contributed by atoms with van der Waals surface area (Å²) >= 11 is 0. The van der Waals surface area contributed by atoms with Crippen LogP contribution >= 0.6 is 0 Å². The van der Waals surface area contributed by atoms with Crippen molar-refractivity contribution in [2.24, 2.45) is 11.3 Å². The van der Waals surface area contributed by atoms with Gasteiger partial charge in [-0.1, -0.05) is 26.0 Å². The van der Waals surface area contributed by atoms with E-state index in [1.807, 2.05) is 0 Å². The fourth-order valence-corrected chi connectivity index (χ4v) is 2.91. The third-order valence-corrected chi connectivity index (χ3v) is 4.39. The predicted molar refractivity (Wildman–Crippen MR) is 72.1 cm³/mol. The standard InChI is InChI=1S/C16H21F3O/c1-15(2)8-6-11(7-9-15)14(20)12-4-3-5-13(10-12)16(17,18)19/h3-5,10-11,14,20H,6-9H2,1-2H3. The zero-order valence-electron chi connectivity index (χ0n) is 11.9. The summed E-state index contributed by atoms with van der Waals surface area (Å²) in [5.74, 6) is 0.0616. The topological polar surface area (TPSA) is 20.2 Å².